The van der Waals surface area contributed by atoms with Crippen molar-refractivity contribution in [1.82, 2.24) is 25.4 Å². The molecule has 1 aromatic rings. The molecule has 6 nitrogen and oxygen atoms in total. The maximum atomic E-state index is 4.24. The molecule has 0 atom stereocenters. The number of rotatable bonds is 6. The minimum absolute atomic E-state index is 0.638. The number of guanidine groups is 1. The second-order valence-electron chi connectivity index (χ2n) is 5.80. The first-order chi connectivity index (χ1) is 10.3. The molecule has 1 aliphatic carbocycles. The summed E-state index contributed by atoms with van der Waals surface area (Å²) in [5.41, 5.74) is 0. The maximum absolute atomic E-state index is 4.24. The molecule has 0 aliphatic heterocycles. The normalized spacial score (nSPS) is 17.0. The van der Waals surface area contributed by atoms with Gasteiger partial charge in [-0.15, -0.1) is 0 Å². The summed E-state index contributed by atoms with van der Waals surface area (Å²) in [7, 11) is 3.69. The number of nitrogens with one attached hydrogen (secondary N) is 2. The van der Waals surface area contributed by atoms with Gasteiger partial charge in [0, 0.05) is 20.6 Å². The number of aliphatic imine (C=N–C) groups is 1. The molecule has 1 aromatic heterocycles. The van der Waals surface area contributed by atoms with E-state index in [0.29, 0.717) is 6.54 Å². The van der Waals surface area contributed by atoms with Crippen molar-refractivity contribution < 1.29 is 0 Å². The molecule has 1 saturated carbocycles. The fourth-order valence-corrected chi connectivity index (χ4v) is 2.94. The van der Waals surface area contributed by atoms with Gasteiger partial charge >= 0.3 is 0 Å². The van der Waals surface area contributed by atoms with E-state index in [1.165, 1.54) is 44.9 Å². The fraction of sp³-hybridized carbons (Fsp3) is 0.800. The molecule has 1 aliphatic rings. The Bertz CT molecular complexity index is 433. The molecule has 0 unspecified atom stereocenters. The van der Waals surface area contributed by atoms with E-state index >= 15 is 0 Å². The Balaban J connectivity index is 1.60. The van der Waals surface area contributed by atoms with Crippen molar-refractivity contribution >= 4 is 5.96 Å². The number of aryl methyl sites for hydroxylation is 1. The van der Waals surface area contributed by atoms with E-state index in [1.807, 2.05) is 7.05 Å². The number of nitrogens with zero attached hydrogens (tertiary/aromatic N) is 4. The minimum Gasteiger partial charge on any atom is -0.356 e. The molecular formula is C15H28N6. The molecular weight excluding hydrogens is 264 g/mol. The van der Waals surface area contributed by atoms with E-state index in [9.17, 15) is 0 Å². The lowest BCUT2D eigenvalue weighted by atomic mass is 9.86. The third kappa shape index (κ3) is 5.36. The summed E-state index contributed by atoms with van der Waals surface area (Å²) in [5, 5.41) is 10.7. The van der Waals surface area contributed by atoms with Gasteiger partial charge in [-0.05, 0) is 18.8 Å². The highest BCUT2D eigenvalue weighted by molar-refractivity contribution is 5.79. The van der Waals surface area contributed by atoms with Gasteiger partial charge < -0.3 is 10.6 Å². The van der Waals surface area contributed by atoms with Crippen LogP contribution in [-0.2, 0) is 13.6 Å². The summed E-state index contributed by atoms with van der Waals surface area (Å²) in [6.45, 7) is 1.62. The van der Waals surface area contributed by atoms with Crippen LogP contribution < -0.4 is 10.6 Å². The van der Waals surface area contributed by atoms with Gasteiger partial charge in [0.25, 0.3) is 0 Å². The molecule has 0 radical (unpaired) electrons. The van der Waals surface area contributed by atoms with Crippen LogP contribution in [0.1, 0.15) is 50.8 Å². The third-order valence-electron chi connectivity index (χ3n) is 4.25. The predicted molar refractivity (Wildman–Crippen MR) is 85.0 cm³/mol. The Morgan fingerprint density at radius 3 is 2.81 bits per heavy atom. The van der Waals surface area contributed by atoms with E-state index in [0.717, 1.165) is 24.2 Å². The summed E-state index contributed by atoms with van der Waals surface area (Å²) >= 11 is 0. The van der Waals surface area contributed by atoms with Crippen LogP contribution in [0.3, 0.4) is 0 Å². The lowest BCUT2D eigenvalue weighted by Crippen LogP contribution is -2.38. The van der Waals surface area contributed by atoms with E-state index in [4.69, 9.17) is 0 Å². The SMILES string of the molecule is CN=C(NCCCC1CCCCC1)NCc1ncnn1C. The summed E-state index contributed by atoms with van der Waals surface area (Å²) < 4.78 is 1.77. The molecule has 0 aromatic carbocycles. The van der Waals surface area contributed by atoms with Gasteiger partial charge in [-0.2, -0.15) is 5.10 Å². The van der Waals surface area contributed by atoms with Gasteiger partial charge in [0.15, 0.2) is 5.96 Å². The first kappa shape index (κ1) is 15.8. The Morgan fingerprint density at radius 1 is 1.33 bits per heavy atom. The zero-order valence-corrected chi connectivity index (χ0v) is 13.3. The van der Waals surface area contributed by atoms with Crippen LogP contribution in [0.25, 0.3) is 0 Å². The van der Waals surface area contributed by atoms with Crippen LogP contribution in [-0.4, -0.2) is 34.3 Å². The molecule has 118 valence electrons. The smallest absolute Gasteiger partial charge is 0.191 e. The predicted octanol–water partition coefficient (Wildman–Crippen LogP) is 1.84. The zero-order chi connectivity index (χ0) is 14.9. The highest BCUT2D eigenvalue weighted by Gasteiger charge is 2.12. The van der Waals surface area contributed by atoms with Crippen LogP contribution in [0.5, 0.6) is 0 Å². The van der Waals surface area contributed by atoms with E-state index in [1.54, 1.807) is 18.1 Å². The number of hydrogen-bond donors (Lipinski definition) is 2. The summed E-state index contributed by atoms with van der Waals surface area (Å²) in [6, 6.07) is 0. The molecule has 0 amide bonds. The first-order valence-corrected chi connectivity index (χ1v) is 8.07. The molecule has 2 rings (SSSR count). The molecule has 6 heteroatoms. The standard InChI is InChI=1S/C15H28N6/c1-16-15(18-11-14-19-12-20-21(14)2)17-10-6-9-13-7-4-3-5-8-13/h12-13H,3-11H2,1-2H3,(H2,16,17,18). The maximum Gasteiger partial charge on any atom is 0.191 e. The minimum atomic E-state index is 0.638. The monoisotopic (exact) mass is 292 g/mol. The highest BCUT2D eigenvalue weighted by Crippen LogP contribution is 2.26. The van der Waals surface area contributed by atoms with Crippen LogP contribution >= 0.6 is 0 Å². The molecule has 21 heavy (non-hydrogen) atoms. The molecule has 0 bridgehead atoms. The van der Waals surface area contributed by atoms with Gasteiger partial charge in [0.05, 0.1) is 6.54 Å². The first-order valence-electron chi connectivity index (χ1n) is 8.07. The van der Waals surface area contributed by atoms with Gasteiger partial charge in [-0.25, -0.2) is 4.98 Å². The van der Waals surface area contributed by atoms with Gasteiger partial charge in [0.1, 0.15) is 12.2 Å². The quantitative estimate of drug-likeness (QED) is 0.477. The van der Waals surface area contributed by atoms with Crippen molar-refractivity contribution in [3.8, 4) is 0 Å². The zero-order valence-electron chi connectivity index (χ0n) is 13.3. The Labute approximate surface area is 127 Å². The Morgan fingerprint density at radius 2 is 2.14 bits per heavy atom. The Kier molecular flexibility index (Phi) is 6.50. The van der Waals surface area contributed by atoms with E-state index < -0.39 is 0 Å². The average molecular weight is 292 g/mol. The second kappa shape index (κ2) is 8.64. The molecule has 2 N–H and O–H groups in total. The van der Waals surface area contributed by atoms with Crippen molar-refractivity contribution in [1.29, 1.82) is 0 Å². The van der Waals surface area contributed by atoms with Crippen LogP contribution in [0.15, 0.2) is 11.3 Å². The summed E-state index contributed by atoms with van der Waals surface area (Å²) in [4.78, 5) is 8.42. The summed E-state index contributed by atoms with van der Waals surface area (Å²) in [5.74, 6) is 2.69. The topological polar surface area (TPSA) is 67.1 Å². The highest BCUT2D eigenvalue weighted by atomic mass is 15.3. The average Bonchev–Trinajstić information content (AvgIpc) is 2.93. The van der Waals surface area contributed by atoms with Crippen molar-refractivity contribution in [2.24, 2.45) is 18.0 Å². The van der Waals surface area contributed by atoms with E-state index in [2.05, 4.69) is 25.7 Å². The van der Waals surface area contributed by atoms with Crippen molar-refractivity contribution in [3.05, 3.63) is 12.2 Å². The van der Waals surface area contributed by atoms with Crippen LogP contribution in [0.4, 0.5) is 0 Å². The molecule has 0 saturated heterocycles. The van der Waals surface area contributed by atoms with Crippen molar-refractivity contribution in [2.45, 2.75) is 51.5 Å². The second-order valence-corrected chi connectivity index (χ2v) is 5.80. The van der Waals surface area contributed by atoms with Gasteiger partial charge in [-0.3, -0.25) is 9.67 Å². The fourth-order valence-electron chi connectivity index (χ4n) is 2.94. The summed E-state index contributed by atoms with van der Waals surface area (Å²) in [6.07, 6.45) is 11.3. The van der Waals surface area contributed by atoms with Crippen LogP contribution in [0.2, 0.25) is 0 Å². The van der Waals surface area contributed by atoms with Crippen LogP contribution in [0, 0.1) is 5.92 Å². The van der Waals surface area contributed by atoms with Crippen molar-refractivity contribution in [3.63, 3.8) is 0 Å². The molecule has 1 fully saturated rings. The Hall–Kier alpha value is -1.59. The lowest BCUT2D eigenvalue weighted by Gasteiger charge is -2.21. The third-order valence-corrected chi connectivity index (χ3v) is 4.25. The number of hydrogen-bond acceptors (Lipinski definition) is 3. The van der Waals surface area contributed by atoms with Gasteiger partial charge in [0.2, 0.25) is 0 Å². The van der Waals surface area contributed by atoms with Crippen molar-refractivity contribution in [2.75, 3.05) is 13.6 Å². The lowest BCUT2D eigenvalue weighted by molar-refractivity contribution is 0.332. The van der Waals surface area contributed by atoms with E-state index in [-0.39, 0.29) is 0 Å². The number of aromatic nitrogens is 3. The van der Waals surface area contributed by atoms with Gasteiger partial charge in [-0.1, -0.05) is 32.1 Å². The largest absolute Gasteiger partial charge is 0.356 e. The molecule has 1 heterocycles. The molecule has 0 spiro atoms.